The van der Waals surface area contributed by atoms with Crippen LogP contribution in [0.3, 0.4) is 0 Å². The molecule has 11 heteroatoms. The van der Waals surface area contributed by atoms with Gasteiger partial charge in [0, 0.05) is 18.0 Å². The largest absolute Gasteiger partial charge is 0.416 e. The van der Waals surface area contributed by atoms with Gasteiger partial charge in [-0.1, -0.05) is 23.7 Å². The summed E-state index contributed by atoms with van der Waals surface area (Å²) in [5, 5.41) is 13.6. The number of benzene rings is 1. The number of carbonyl (C=O) groups excluding carboxylic acids is 1. The van der Waals surface area contributed by atoms with Crippen molar-refractivity contribution in [2.24, 2.45) is 0 Å². The number of aromatic nitrogens is 4. The molecule has 1 amide bonds. The van der Waals surface area contributed by atoms with Gasteiger partial charge < -0.3 is 5.32 Å². The van der Waals surface area contributed by atoms with Crippen LogP contribution < -0.4 is 5.32 Å². The van der Waals surface area contributed by atoms with E-state index in [9.17, 15) is 18.0 Å². The van der Waals surface area contributed by atoms with Crippen LogP contribution in [-0.2, 0) is 19.3 Å². The van der Waals surface area contributed by atoms with Crippen molar-refractivity contribution in [3.63, 3.8) is 0 Å². The highest BCUT2D eigenvalue weighted by atomic mass is 35.5. The molecule has 0 saturated heterocycles. The Morgan fingerprint density at radius 2 is 2.00 bits per heavy atom. The lowest BCUT2D eigenvalue weighted by Gasteiger charge is -2.09. The fraction of sp³-hybridized carbons (Fsp3) is 0.190. The van der Waals surface area contributed by atoms with Gasteiger partial charge in [0.05, 0.1) is 34.7 Å². The summed E-state index contributed by atoms with van der Waals surface area (Å²) < 4.78 is 42.0. The SMILES string of the molecule is Cc1cc(NC(=O)c2cc(Cn3cc(Cl)cn3)cs2)nn1Cc1cccc(C(F)(F)F)c1. The van der Waals surface area contributed by atoms with Gasteiger partial charge in [-0.2, -0.15) is 23.4 Å². The van der Waals surface area contributed by atoms with Crippen LogP contribution in [0.2, 0.25) is 5.02 Å². The first-order valence-electron chi connectivity index (χ1n) is 9.45. The van der Waals surface area contributed by atoms with Crippen molar-refractivity contribution in [2.75, 3.05) is 5.32 Å². The fourth-order valence-electron chi connectivity index (χ4n) is 3.12. The van der Waals surface area contributed by atoms with Gasteiger partial charge in [0.25, 0.3) is 5.91 Å². The molecule has 0 saturated carbocycles. The number of aryl methyl sites for hydroxylation is 1. The average Bonchev–Trinajstić information content (AvgIpc) is 3.43. The van der Waals surface area contributed by atoms with Gasteiger partial charge in [-0.05, 0) is 41.6 Å². The van der Waals surface area contributed by atoms with Crippen LogP contribution in [0.25, 0.3) is 0 Å². The van der Waals surface area contributed by atoms with Crippen molar-refractivity contribution in [1.82, 2.24) is 19.6 Å². The van der Waals surface area contributed by atoms with Crippen molar-refractivity contribution in [1.29, 1.82) is 0 Å². The molecule has 0 aliphatic carbocycles. The quantitative estimate of drug-likeness (QED) is 0.399. The van der Waals surface area contributed by atoms with E-state index in [1.165, 1.54) is 17.4 Å². The summed E-state index contributed by atoms with van der Waals surface area (Å²) in [4.78, 5) is 13.1. The number of nitrogens with one attached hydrogen (secondary N) is 1. The maximum atomic E-state index is 12.9. The van der Waals surface area contributed by atoms with E-state index in [1.807, 2.05) is 5.38 Å². The van der Waals surface area contributed by atoms with E-state index in [1.54, 1.807) is 46.9 Å². The molecule has 1 N–H and O–H groups in total. The van der Waals surface area contributed by atoms with Gasteiger partial charge in [0.1, 0.15) is 0 Å². The summed E-state index contributed by atoms with van der Waals surface area (Å²) in [6.07, 6.45) is -1.17. The van der Waals surface area contributed by atoms with E-state index in [0.717, 1.165) is 17.7 Å². The van der Waals surface area contributed by atoms with Crippen LogP contribution in [0.5, 0.6) is 0 Å². The van der Waals surface area contributed by atoms with Crippen LogP contribution in [0.1, 0.15) is 32.1 Å². The van der Waals surface area contributed by atoms with E-state index >= 15 is 0 Å². The van der Waals surface area contributed by atoms with Gasteiger partial charge in [0.15, 0.2) is 5.82 Å². The number of hydrogen-bond acceptors (Lipinski definition) is 4. The number of hydrogen-bond donors (Lipinski definition) is 1. The van der Waals surface area contributed by atoms with Crippen LogP contribution in [0.15, 0.2) is 54.2 Å². The zero-order chi connectivity index (χ0) is 22.9. The van der Waals surface area contributed by atoms with Crippen LogP contribution in [0.4, 0.5) is 19.0 Å². The smallest absolute Gasteiger partial charge is 0.304 e. The number of rotatable bonds is 6. The zero-order valence-corrected chi connectivity index (χ0v) is 18.3. The first kappa shape index (κ1) is 22.1. The van der Waals surface area contributed by atoms with Crippen LogP contribution in [-0.4, -0.2) is 25.5 Å². The number of thiophene rings is 1. The fourth-order valence-corrected chi connectivity index (χ4v) is 4.07. The molecule has 0 radical (unpaired) electrons. The summed E-state index contributed by atoms with van der Waals surface area (Å²) in [6, 6.07) is 8.54. The first-order valence-corrected chi connectivity index (χ1v) is 10.7. The second kappa shape index (κ2) is 8.79. The first-order chi connectivity index (χ1) is 15.2. The summed E-state index contributed by atoms with van der Waals surface area (Å²) in [6.45, 7) is 2.41. The lowest BCUT2D eigenvalue weighted by Crippen LogP contribution is -2.12. The number of carbonyl (C=O) groups is 1. The third-order valence-electron chi connectivity index (χ3n) is 4.63. The Balaban J connectivity index is 1.43. The zero-order valence-electron chi connectivity index (χ0n) is 16.7. The third-order valence-corrected chi connectivity index (χ3v) is 5.81. The molecule has 0 aliphatic heterocycles. The summed E-state index contributed by atoms with van der Waals surface area (Å²) >= 11 is 7.16. The minimum Gasteiger partial charge on any atom is -0.304 e. The summed E-state index contributed by atoms with van der Waals surface area (Å²) in [5.41, 5.74) is 1.37. The van der Waals surface area contributed by atoms with Crippen molar-refractivity contribution in [3.8, 4) is 0 Å². The Labute approximate surface area is 190 Å². The molecule has 0 fully saturated rings. The maximum absolute atomic E-state index is 12.9. The van der Waals surface area contributed by atoms with Gasteiger partial charge in [-0.25, -0.2) is 0 Å². The summed E-state index contributed by atoms with van der Waals surface area (Å²) in [5.74, 6) is 0.0109. The molecule has 0 spiro atoms. The molecule has 0 aliphatic rings. The predicted molar refractivity (Wildman–Crippen MR) is 116 cm³/mol. The number of alkyl halides is 3. The second-order valence-electron chi connectivity index (χ2n) is 7.16. The average molecular weight is 480 g/mol. The molecule has 3 heterocycles. The van der Waals surface area contributed by atoms with Gasteiger partial charge in [0.2, 0.25) is 0 Å². The van der Waals surface area contributed by atoms with E-state index in [-0.39, 0.29) is 12.5 Å². The molecule has 0 bridgehead atoms. The molecule has 4 rings (SSSR count). The minimum atomic E-state index is -4.41. The summed E-state index contributed by atoms with van der Waals surface area (Å²) in [7, 11) is 0. The highest BCUT2D eigenvalue weighted by molar-refractivity contribution is 7.12. The molecule has 166 valence electrons. The minimum absolute atomic E-state index is 0.154. The van der Waals surface area contributed by atoms with E-state index in [0.29, 0.717) is 33.5 Å². The van der Waals surface area contributed by atoms with Crippen LogP contribution >= 0.6 is 22.9 Å². The van der Waals surface area contributed by atoms with Crippen molar-refractivity contribution >= 4 is 34.7 Å². The number of nitrogens with zero attached hydrogens (tertiary/aromatic N) is 4. The van der Waals surface area contributed by atoms with E-state index in [4.69, 9.17) is 11.6 Å². The lowest BCUT2D eigenvalue weighted by molar-refractivity contribution is -0.137. The standard InChI is InChI=1S/C21H17ClF3N5OS/c1-13-5-19(28-30(13)10-14-3-2-4-16(6-14)21(23,24)25)27-20(31)18-7-15(12-32-18)9-29-11-17(22)8-26-29/h2-8,11-12H,9-10H2,1H3,(H,27,28,31). The van der Waals surface area contributed by atoms with Gasteiger partial charge in [-0.3, -0.25) is 14.2 Å². The molecule has 6 nitrogen and oxygen atoms in total. The lowest BCUT2D eigenvalue weighted by atomic mass is 10.1. The van der Waals surface area contributed by atoms with Crippen LogP contribution in [0, 0.1) is 6.92 Å². The second-order valence-corrected chi connectivity index (χ2v) is 8.50. The van der Waals surface area contributed by atoms with Gasteiger partial charge in [-0.15, -0.1) is 11.3 Å². The molecule has 32 heavy (non-hydrogen) atoms. The topological polar surface area (TPSA) is 64.7 Å². The Morgan fingerprint density at radius 1 is 1.19 bits per heavy atom. The maximum Gasteiger partial charge on any atom is 0.416 e. The molecule has 4 aromatic rings. The van der Waals surface area contributed by atoms with E-state index in [2.05, 4.69) is 15.5 Å². The monoisotopic (exact) mass is 479 g/mol. The highest BCUT2D eigenvalue weighted by Crippen LogP contribution is 2.29. The highest BCUT2D eigenvalue weighted by Gasteiger charge is 2.30. The molecular formula is C21H17ClF3N5OS. The molecule has 0 unspecified atom stereocenters. The number of amides is 1. The Morgan fingerprint density at radius 3 is 2.72 bits per heavy atom. The predicted octanol–water partition coefficient (Wildman–Crippen LogP) is 5.47. The van der Waals surface area contributed by atoms with Gasteiger partial charge >= 0.3 is 6.18 Å². The van der Waals surface area contributed by atoms with Crippen molar-refractivity contribution in [3.05, 3.63) is 86.5 Å². The molecule has 3 aromatic heterocycles. The Bertz CT molecular complexity index is 1260. The molecular weight excluding hydrogens is 463 g/mol. The Hall–Kier alpha value is -3.11. The van der Waals surface area contributed by atoms with E-state index < -0.39 is 11.7 Å². The molecule has 1 aromatic carbocycles. The normalized spacial score (nSPS) is 11.7. The Kier molecular flexibility index (Phi) is 6.07. The van der Waals surface area contributed by atoms with Crippen molar-refractivity contribution < 1.29 is 18.0 Å². The third kappa shape index (κ3) is 5.20. The van der Waals surface area contributed by atoms with Crippen molar-refractivity contribution in [2.45, 2.75) is 26.2 Å². The molecule has 0 atom stereocenters. The number of anilines is 1. The number of halogens is 4.